The lowest BCUT2D eigenvalue weighted by molar-refractivity contribution is 0.0599. The van der Waals surface area contributed by atoms with Crippen LogP contribution in [0, 0.1) is 0 Å². The fourth-order valence-electron chi connectivity index (χ4n) is 1.16. The molecule has 0 N–H and O–H groups in total. The molecule has 0 bridgehead atoms. The van der Waals surface area contributed by atoms with Gasteiger partial charge in [0.15, 0.2) is 0 Å². The van der Waals surface area contributed by atoms with Crippen molar-refractivity contribution in [3.05, 3.63) is 34.9 Å². The van der Waals surface area contributed by atoms with Crippen molar-refractivity contribution in [1.82, 2.24) is 0 Å². The maximum Gasteiger partial charge on any atom is 0.337 e. The van der Waals surface area contributed by atoms with Gasteiger partial charge in [0.1, 0.15) is 0 Å². The van der Waals surface area contributed by atoms with Crippen LogP contribution in [0.4, 0.5) is 17.6 Å². The minimum absolute atomic E-state index is 0.310. The van der Waals surface area contributed by atoms with E-state index in [-0.39, 0.29) is 5.56 Å². The van der Waals surface area contributed by atoms with E-state index in [2.05, 4.69) is 4.74 Å². The van der Waals surface area contributed by atoms with E-state index in [0.29, 0.717) is 6.07 Å². The molecule has 16 heavy (non-hydrogen) atoms. The van der Waals surface area contributed by atoms with Crippen LogP contribution in [0.1, 0.15) is 34.3 Å². The van der Waals surface area contributed by atoms with Gasteiger partial charge >= 0.3 is 5.97 Å². The first-order valence-electron chi connectivity index (χ1n) is 4.25. The molecule has 6 heteroatoms. The number of benzene rings is 1. The maximum absolute atomic E-state index is 12.4. The molecule has 0 radical (unpaired) electrons. The van der Waals surface area contributed by atoms with Gasteiger partial charge < -0.3 is 4.74 Å². The zero-order valence-electron chi connectivity index (χ0n) is 8.22. The smallest absolute Gasteiger partial charge is 0.337 e. The second-order valence-electron chi connectivity index (χ2n) is 2.98. The summed E-state index contributed by atoms with van der Waals surface area (Å²) in [6.07, 6.45) is -5.83. The van der Waals surface area contributed by atoms with E-state index in [1.165, 1.54) is 0 Å². The highest BCUT2D eigenvalue weighted by Gasteiger charge is 2.17. The second-order valence-corrected chi connectivity index (χ2v) is 2.98. The van der Waals surface area contributed by atoms with E-state index in [0.717, 1.165) is 19.2 Å². The highest BCUT2D eigenvalue weighted by molar-refractivity contribution is 5.89. The van der Waals surface area contributed by atoms with Crippen molar-refractivity contribution < 1.29 is 27.1 Å². The van der Waals surface area contributed by atoms with Gasteiger partial charge in [-0.25, -0.2) is 22.4 Å². The monoisotopic (exact) mass is 236 g/mol. The fraction of sp³-hybridized carbons (Fsp3) is 0.300. The minimum atomic E-state index is -2.91. The maximum atomic E-state index is 12.4. The summed E-state index contributed by atoms with van der Waals surface area (Å²) in [5, 5.41) is 0. The second kappa shape index (κ2) is 4.96. The number of halogens is 4. The standard InChI is InChI=1S/C10H8F4O2/c1-16-10(15)7-3-5(8(11)12)2-6(4-7)9(13)14/h2-4,8-9H,1H3. The van der Waals surface area contributed by atoms with Crippen LogP contribution < -0.4 is 0 Å². The van der Waals surface area contributed by atoms with Gasteiger partial charge in [-0.05, 0) is 18.2 Å². The number of alkyl halides is 4. The van der Waals surface area contributed by atoms with E-state index in [1.807, 2.05) is 0 Å². The van der Waals surface area contributed by atoms with Crippen LogP contribution in [0.5, 0.6) is 0 Å². The number of carbonyl (C=O) groups is 1. The molecule has 1 aromatic rings. The molecule has 0 aromatic heterocycles. The van der Waals surface area contributed by atoms with Crippen molar-refractivity contribution in [2.24, 2.45) is 0 Å². The molecular weight excluding hydrogens is 228 g/mol. The Morgan fingerprint density at radius 3 is 1.81 bits per heavy atom. The Kier molecular flexibility index (Phi) is 3.87. The van der Waals surface area contributed by atoms with Gasteiger partial charge in [0.2, 0.25) is 0 Å². The predicted molar refractivity (Wildman–Crippen MR) is 47.7 cm³/mol. The SMILES string of the molecule is COC(=O)c1cc(C(F)F)cc(C(F)F)c1. The predicted octanol–water partition coefficient (Wildman–Crippen LogP) is 3.35. The van der Waals surface area contributed by atoms with Gasteiger partial charge in [0.05, 0.1) is 12.7 Å². The van der Waals surface area contributed by atoms with Crippen LogP contribution in [0.3, 0.4) is 0 Å². The Hall–Kier alpha value is -1.59. The zero-order chi connectivity index (χ0) is 12.3. The van der Waals surface area contributed by atoms with Crippen LogP contribution >= 0.6 is 0 Å². The minimum Gasteiger partial charge on any atom is -0.465 e. The number of ether oxygens (including phenoxy) is 1. The Morgan fingerprint density at radius 1 is 1.06 bits per heavy atom. The van der Waals surface area contributed by atoms with Crippen molar-refractivity contribution in [2.75, 3.05) is 7.11 Å². The average molecular weight is 236 g/mol. The molecule has 0 spiro atoms. The summed E-state index contributed by atoms with van der Waals surface area (Å²) in [6, 6.07) is 2.34. The lowest BCUT2D eigenvalue weighted by Gasteiger charge is -2.07. The Bertz CT molecular complexity index is 364. The Labute approximate surface area is 88.8 Å². The number of methoxy groups -OCH3 is 1. The lowest BCUT2D eigenvalue weighted by atomic mass is 10.1. The number of hydrogen-bond acceptors (Lipinski definition) is 2. The molecule has 0 atom stereocenters. The fourth-order valence-corrected chi connectivity index (χ4v) is 1.16. The van der Waals surface area contributed by atoms with Gasteiger partial charge in [-0.2, -0.15) is 0 Å². The largest absolute Gasteiger partial charge is 0.465 e. The third-order valence-corrected chi connectivity index (χ3v) is 1.90. The van der Waals surface area contributed by atoms with E-state index < -0.39 is 29.9 Å². The molecule has 1 rings (SSSR count). The number of carbonyl (C=O) groups excluding carboxylic acids is 1. The average Bonchev–Trinajstić information content (AvgIpc) is 2.27. The molecule has 0 amide bonds. The van der Waals surface area contributed by atoms with Crippen LogP contribution in [-0.2, 0) is 4.74 Å². The quantitative estimate of drug-likeness (QED) is 0.594. The first-order chi connectivity index (χ1) is 7.45. The summed E-state index contributed by atoms with van der Waals surface area (Å²) in [5.74, 6) is -0.926. The van der Waals surface area contributed by atoms with Gasteiger partial charge in [-0.1, -0.05) is 0 Å². The highest BCUT2D eigenvalue weighted by Crippen LogP contribution is 2.27. The molecule has 0 aliphatic heterocycles. The Morgan fingerprint density at radius 2 is 1.50 bits per heavy atom. The van der Waals surface area contributed by atoms with Crippen LogP contribution in [-0.4, -0.2) is 13.1 Å². The lowest BCUT2D eigenvalue weighted by Crippen LogP contribution is -2.04. The normalized spacial score (nSPS) is 10.9. The molecule has 0 unspecified atom stereocenters. The van der Waals surface area contributed by atoms with Crippen LogP contribution in [0.15, 0.2) is 18.2 Å². The molecule has 0 heterocycles. The highest BCUT2D eigenvalue weighted by atomic mass is 19.3. The molecule has 0 aliphatic carbocycles. The molecule has 0 saturated heterocycles. The first kappa shape index (κ1) is 12.5. The van der Waals surface area contributed by atoms with Crippen molar-refractivity contribution >= 4 is 5.97 Å². The van der Waals surface area contributed by atoms with Gasteiger partial charge in [-0.15, -0.1) is 0 Å². The molecule has 88 valence electrons. The summed E-state index contributed by atoms with van der Waals surface area (Å²) in [7, 11) is 1.04. The van der Waals surface area contributed by atoms with E-state index >= 15 is 0 Å². The Balaban J connectivity index is 3.24. The van der Waals surface area contributed by atoms with Crippen molar-refractivity contribution in [3.63, 3.8) is 0 Å². The third kappa shape index (κ3) is 2.71. The molecule has 0 saturated carbocycles. The van der Waals surface area contributed by atoms with Crippen molar-refractivity contribution in [2.45, 2.75) is 12.9 Å². The van der Waals surface area contributed by atoms with E-state index in [4.69, 9.17) is 0 Å². The first-order valence-corrected chi connectivity index (χ1v) is 4.25. The number of rotatable bonds is 3. The molecule has 2 nitrogen and oxygen atoms in total. The van der Waals surface area contributed by atoms with Crippen molar-refractivity contribution in [1.29, 1.82) is 0 Å². The van der Waals surface area contributed by atoms with Crippen LogP contribution in [0.2, 0.25) is 0 Å². The van der Waals surface area contributed by atoms with E-state index in [1.54, 1.807) is 0 Å². The van der Waals surface area contributed by atoms with E-state index in [9.17, 15) is 22.4 Å². The molecule has 0 aliphatic rings. The van der Waals surface area contributed by atoms with Crippen molar-refractivity contribution in [3.8, 4) is 0 Å². The number of hydrogen-bond donors (Lipinski definition) is 0. The van der Waals surface area contributed by atoms with Crippen LogP contribution in [0.25, 0.3) is 0 Å². The molecule has 1 aromatic carbocycles. The summed E-state index contributed by atoms with van der Waals surface area (Å²) in [5.41, 5.74) is -1.56. The zero-order valence-corrected chi connectivity index (χ0v) is 8.22. The third-order valence-electron chi connectivity index (χ3n) is 1.90. The van der Waals surface area contributed by atoms with Gasteiger partial charge in [0, 0.05) is 11.1 Å². The summed E-state index contributed by atoms with van der Waals surface area (Å²) < 4.78 is 53.7. The topological polar surface area (TPSA) is 26.3 Å². The summed E-state index contributed by atoms with van der Waals surface area (Å²) in [4.78, 5) is 11.1. The molecular formula is C10H8F4O2. The van der Waals surface area contributed by atoms with Gasteiger partial charge in [-0.3, -0.25) is 0 Å². The molecule has 0 fully saturated rings. The summed E-state index contributed by atoms with van der Waals surface area (Å²) in [6.45, 7) is 0. The summed E-state index contributed by atoms with van der Waals surface area (Å²) >= 11 is 0. The number of esters is 1. The van der Waals surface area contributed by atoms with Gasteiger partial charge in [0.25, 0.3) is 12.9 Å².